The summed E-state index contributed by atoms with van der Waals surface area (Å²) in [5.74, 6) is -4.68. The normalized spacial score (nSPS) is 40.7. The summed E-state index contributed by atoms with van der Waals surface area (Å²) >= 11 is 0. The van der Waals surface area contributed by atoms with E-state index in [9.17, 15) is 29.7 Å². The van der Waals surface area contributed by atoms with Crippen molar-refractivity contribution in [1.29, 1.82) is 0 Å². The van der Waals surface area contributed by atoms with E-state index < -0.39 is 114 Å². The zero-order valence-corrected chi connectivity index (χ0v) is 42.1. The van der Waals surface area contributed by atoms with Crippen molar-refractivity contribution in [1.82, 2.24) is 15.2 Å². The number of aryl methyl sites for hydroxylation is 1. The third kappa shape index (κ3) is 12.5. The van der Waals surface area contributed by atoms with Gasteiger partial charge >= 0.3 is 11.9 Å². The SMILES string of the molecule is CC[C@H]1OC(=O)[C@H](C)[C@@H](O[C@H]2C[C@@](C)(OC)[C@@H](OC(=O)CCc3cnc4ccccc4c3)[C@H](C)O2)[C@H](C)[C@@H](O[C@@H]2O[C@H](C)C[C@H](N(C)C)[C@H]2O)[C@](C)(OC)C[C@@H](C)NC(=O)[C@H](C)[C@@H](O)[C@]1(C)O. The van der Waals surface area contributed by atoms with Crippen LogP contribution >= 0.6 is 0 Å². The highest BCUT2D eigenvalue weighted by molar-refractivity contribution is 5.80. The minimum Gasteiger partial charge on any atom is -0.459 e. The second-order valence-electron chi connectivity index (χ2n) is 20.2. The first-order valence-electron chi connectivity index (χ1n) is 23.9. The van der Waals surface area contributed by atoms with Gasteiger partial charge in [-0.25, -0.2) is 0 Å². The van der Waals surface area contributed by atoms with Crippen LogP contribution in [0, 0.1) is 17.8 Å². The molecule has 2 aromatic rings. The number of cyclic esters (lactones) is 1. The molecule has 67 heavy (non-hydrogen) atoms. The largest absolute Gasteiger partial charge is 0.459 e. The Labute approximate surface area is 396 Å². The lowest BCUT2D eigenvalue weighted by atomic mass is 9.78. The van der Waals surface area contributed by atoms with E-state index in [1.807, 2.05) is 77.0 Å². The van der Waals surface area contributed by atoms with Gasteiger partial charge in [0.25, 0.3) is 0 Å². The first-order chi connectivity index (χ1) is 31.4. The lowest BCUT2D eigenvalue weighted by Crippen LogP contribution is -2.61. The van der Waals surface area contributed by atoms with Crippen molar-refractivity contribution in [2.45, 2.75) is 198 Å². The number of aromatic nitrogens is 1. The Bertz CT molecular complexity index is 1970. The number of pyridine rings is 1. The predicted molar refractivity (Wildman–Crippen MR) is 248 cm³/mol. The van der Waals surface area contributed by atoms with Crippen molar-refractivity contribution in [3.05, 3.63) is 42.1 Å². The average Bonchev–Trinajstić information content (AvgIpc) is 3.28. The smallest absolute Gasteiger partial charge is 0.311 e. The number of esters is 2. The van der Waals surface area contributed by atoms with Gasteiger partial charge in [0, 0.05) is 56.6 Å². The lowest BCUT2D eigenvalue weighted by molar-refractivity contribution is -0.320. The summed E-state index contributed by atoms with van der Waals surface area (Å²) in [5.41, 5.74) is -2.64. The molecule has 378 valence electrons. The molecule has 0 radical (unpaired) electrons. The van der Waals surface area contributed by atoms with Crippen LogP contribution in [0.4, 0.5) is 0 Å². The van der Waals surface area contributed by atoms with Gasteiger partial charge in [-0.2, -0.15) is 0 Å². The number of methoxy groups -OCH3 is 2. The number of rotatable bonds is 12. The molecule has 1 aromatic carbocycles. The summed E-state index contributed by atoms with van der Waals surface area (Å²) in [7, 11) is 6.81. The molecule has 0 unspecified atom stereocenters. The maximum atomic E-state index is 14.6. The van der Waals surface area contributed by atoms with E-state index in [1.54, 1.807) is 33.9 Å². The fourth-order valence-corrected chi connectivity index (χ4v) is 10.4. The number of hydrogen-bond acceptors (Lipinski definition) is 16. The van der Waals surface area contributed by atoms with Gasteiger partial charge in [0.05, 0.1) is 53.5 Å². The quantitative estimate of drug-likeness (QED) is 0.216. The molecule has 18 atom stereocenters. The number of likely N-dealkylation sites (N-methyl/N-ethyl adjacent to an activating group) is 1. The Morgan fingerprint density at radius 3 is 2.22 bits per heavy atom. The molecular formula is C50H79N3O14. The minimum atomic E-state index is -2.03. The second kappa shape index (κ2) is 22.6. The zero-order chi connectivity index (χ0) is 49.8. The van der Waals surface area contributed by atoms with Crippen LogP contribution in [0.15, 0.2) is 36.5 Å². The van der Waals surface area contributed by atoms with E-state index in [0.717, 1.165) is 16.5 Å². The van der Waals surface area contributed by atoms with Gasteiger partial charge in [-0.15, -0.1) is 0 Å². The van der Waals surface area contributed by atoms with E-state index in [-0.39, 0.29) is 37.8 Å². The highest BCUT2D eigenvalue weighted by atomic mass is 16.7. The van der Waals surface area contributed by atoms with E-state index in [0.29, 0.717) is 12.8 Å². The van der Waals surface area contributed by atoms with Gasteiger partial charge in [0.15, 0.2) is 18.7 Å². The van der Waals surface area contributed by atoms with E-state index in [4.69, 9.17) is 37.9 Å². The van der Waals surface area contributed by atoms with Crippen LogP contribution in [0.3, 0.4) is 0 Å². The number of carbonyl (C=O) groups excluding carboxylic acids is 3. The first kappa shape index (κ1) is 54.6. The van der Waals surface area contributed by atoms with Crippen molar-refractivity contribution in [2.75, 3.05) is 28.3 Å². The molecule has 0 saturated carbocycles. The van der Waals surface area contributed by atoms with Gasteiger partial charge in [0.2, 0.25) is 5.91 Å². The van der Waals surface area contributed by atoms with Crippen molar-refractivity contribution in [3.8, 4) is 0 Å². The Kier molecular flexibility index (Phi) is 18.4. The molecule has 0 spiro atoms. The number of ether oxygens (including phenoxy) is 8. The van der Waals surface area contributed by atoms with Crippen molar-refractivity contribution < 1.29 is 67.6 Å². The van der Waals surface area contributed by atoms with Crippen LogP contribution < -0.4 is 5.32 Å². The number of nitrogens with zero attached hydrogens (tertiary/aromatic N) is 2. The van der Waals surface area contributed by atoms with E-state index in [2.05, 4.69) is 10.3 Å². The van der Waals surface area contributed by atoms with Gasteiger partial charge in [-0.1, -0.05) is 39.0 Å². The number of hydrogen-bond donors (Lipinski definition) is 4. The van der Waals surface area contributed by atoms with Crippen LogP contribution in [-0.4, -0.2) is 162 Å². The fourth-order valence-electron chi connectivity index (χ4n) is 10.4. The highest BCUT2D eigenvalue weighted by Crippen LogP contribution is 2.41. The Hall–Kier alpha value is -3.36. The Morgan fingerprint density at radius 2 is 1.58 bits per heavy atom. The summed E-state index contributed by atoms with van der Waals surface area (Å²) in [6.45, 7) is 17.2. The molecule has 1 aromatic heterocycles. The zero-order valence-electron chi connectivity index (χ0n) is 42.1. The molecular weight excluding hydrogens is 867 g/mol. The number of aliphatic hydroxyl groups is 3. The van der Waals surface area contributed by atoms with E-state index >= 15 is 0 Å². The summed E-state index contributed by atoms with van der Waals surface area (Å²) in [6.07, 6.45) is -6.88. The molecule has 17 nitrogen and oxygen atoms in total. The molecule has 4 N–H and O–H groups in total. The van der Waals surface area contributed by atoms with Crippen LogP contribution in [-0.2, 0) is 58.7 Å². The molecule has 3 aliphatic rings. The molecule has 5 rings (SSSR count). The summed E-state index contributed by atoms with van der Waals surface area (Å²) < 4.78 is 51.4. The Balaban J connectivity index is 1.50. The highest BCUT2D eigenvalue weighted by Gasteiger charge is 2.54. The topological polar surface area (TPSA) is 214 Å². The molecule has 1 amide bonds. The maximum Gasteiger partial charge on any atom is 0.311 e. The van der Waals surface area contributed by atoms with Crippen molar-refractivity contribution >= 4 is 28.7 Å². The van der Waals surface area contributed by atoms with Crippen molar-refractivity contribution in [2.24, 2.45) is 17.8 Å². The molecule has 17 heteroatoms. The monoisotopic (exact) mass is 946 g/mol. The number of para-hydroxylation sites is 1. The van der Waals surface area contributed by atoms with Gasteiger partial charge < -0.3 is 63.4 Å². The first-order valence-corrected chi connectivity index (χ1v) is 23.9. The third-order valence-corrected chi connectivity index (χ3v) is 14.6. The molecule has 4 heterocycles. The van der Waals surface area contributed by atoms with Crippen LogP contribution in [0.1, 0.15) is 107 Å². The van der Waals surface area contributed by atoms with Crippen molar-refractivity contribution in [3.63, 3.8) is 0 Å². The molecule has 3 aliphatic heterocycles. The maximum absolute atomic E-state index is 14.6. The van der Waals surface area contributed by atoms with Crippen LogP contribution in [0.2, 0.25) is 0 Å². The van der Waals surface area contributed by atoms with Gasteiger partial charge in [-0.05, 0) is 106 Å². The predicted octanol–water partition coefficient (Wildman–Crippen LogP) is 4.47. The van der Waals surface area contributed by atoms with Gasteiger partial charge in [0.1, 0.15) is 23.4 Å². The number of fused-ring (bicyclic) bond motifs is 1. The lowest BCUT2D eigenvalue weighted by Gasteiger charge is -2.50. The number of amides is 1. The van der Waals surface area contributed by atoms with Crippen LogP contribution in [0.25, 0.3) is 10.9 Å². The molecule has 3 saturated heterocycles. The second-order valence-corrected chi connectivity index (χ2v) is 20.2. The number of nitrogens with one attached hydrogen (secondary N) is 1. The minimum absolute atomic E-state index is 0.0738. The number of aliphatic hydroxyl groups excluding tert-OH is 2. The van der Waals surface area contributed by atoms with E-state index in [1.165, 1.54) is 28.1 Å². The molecule has 0 bridgehead atoms. The third-order valence-electron chi connectivity index (χ3n) is 14.6. The summed E-state index contributed by atoms with van der Waals surface area (Å²) in [4.78, 5) is 48.2. The number of carbonyl (C=O) groups is 3. The summed E-state index contributed by atoms with van der Waals surface area (Å²) in [6, 6.07) is 8.90. The summed E-state index contributed by atoms with van der Waals surface area (Å²) in [5, 5.41) is 39.0. The fraction of sp³-hybridized carbons (Fsp3) is 0.760. The molecule has 3 fully saturated rings. The van der Waals surface area contributed by atoms with Gasteiger partial charge in [-0.3, -0.25) is 19.4 Å². The Morgan fingerprint density at radius 1 is 0.925 bits per heavy atom. The standard InChI is InChI=1S/C50H79N3O14/c1-15-37-50(10,59)42(56)31(6)45(57)52-27(2)24-48(8,60-13)43(67-47-40(55)36(53(11)12)22-28(3)62-47)29(4)41(30(5)46(58)64-37)66-39-25-49(9,61-14)44(32(7)63-39)65-38(54)21-20-33-23-34-18-16-17-19-35(34)51-26-33/h16-19,23,26-32,36-37,39-44,47,55-56,59H,15,20-22,24-25H2,1-14H3,(H,52,57)/t27-,28-,29+,30-,31-,32+,36+,37-,39+,40-,41+,42-,43-,44+,47+,48-,49-,50-/m1/s1. The van der Waals surface area contributed by atoms with Crippen LogP contribution in [0.5, 0.6) is 0 Å². The average molecular weight is 946 g/mol. The molecule has 0 aliphatic carbocycles. The number of benzene rings is 1.